The molecule has 1 aliphatic heterocycles. The highest BCUT2D eigenvalue weighted by molar-refractivity contribution is 5.72. The Balaban J connectivity index is 1.93. The first kappa shape index (κ1) is 10.3. The van der Waals surface area contributed by atoms with E-state index in [1.807, 2.05) is 24.4 Å². The molecule has 2 aromatic heterocycles. The van der Waals surface area contributed by atoms with Crippen LogP contribution in [-0.2, 0) is 4.74 Å². The average Bonchev–Trinajstić information content (AvgIpc) is 2.90. The topological polar surface area (TPSA) is 54.0 Å². The molecule has 5 heteroatoms. The number of aromatic amines is 1. The van der Waals surface area contributed by atoms with Gasteiger partial charge in [0.2, 0.25) is 0 Å². The van der Waals surface area contributed by atoms with Crippen molar-refractivity contribution >= 4 is 5.82 Å². The van der Waals surface area contributed by atoms with Crippen LogP contribution >= 0.6 is 0 Å². The van der Waals surface area contributed by atoms with Gasteiger partial charge in [-0.2, -0.15) is 5.10 Å². The van der Waals surface area contributed by atoms with Crippen LogP contribution in [0.2, 0.25) is 0 Å². The number of morpholine rings is 1. The molecule has 0 unspecified atom stereocenters. The second kappa shape index (κ2) is 4.55. The summed E-state index contributed by atoms with van der Waals surface area (Å²) in [6.45, 7) is 3.31. The molecule has 3 rings (SSSR count). The van der Waals surface area contributed by atoms with Crippen LogP contribution in [-0.4, -0.2) is 41.5 Å². The molecular weight excluding hydrogens is 216 g/mol. The number of nitrogens with one attached hydrogen (secondary N) is 1. The Morgan fingerprint density at radius 2 is 2.12 bits per heavy atom. The first-order chi connectivity index (χ1) is 8.45. The lowest BCUT2D eigenvalue weighted by Crippen LogP contribution is -2.36. The smallest absolute Gasteiger partial charge is 0.133 e. The van der Waals surface area contributed by atoms with Crippen LogP contribution in [0.15, 0.2) is 30.6 Å². The number of hydrogen-bond acceptors (Lipinski definition) is 4. The van der Waals surface area contributed by atoms with Crippen LogP contribution in [0.4, 0.5) is 5.82 Å². The highest BCUT2D eigenvalue weighted by Crippen LogP contribution is 2.27. The third-order valence-corrected chi connectivity index (χ3v) is 2.89. The zero-order valence-electron chi connectivity index (χ0n) is 9.47. The zero-order chi connectivity index (χ0) is 11.5. The summed E-state index contributed by atoms with van der Waals surface area (Å²) in [7, 11) is 0. The van der Waals surface area contributed by atoms with Crippen molar-refractivity contribution in [2.24, 2.45) is 0 Å². The SMILES string of the molecule is c1ccc(-c2cn[nH]c2N2CCOCC2)nc1. The van der Waals surface area contributed by atoms with Gasteiger partial charge in [-0.3, -0.25) is 10.1 Å². The van der Waals surface area contributed by atoms with Gasteiger partial charge >= 0.3 is 0 Å². The summed E-state index contributed by atoms with van der Waals surface area (Å²) < 4.78 is 5.35. The molecule has 1 fully saturated rings. The van der Waals surface area contributed by atoms with Gasteiger partial charge in [0.05, 0.1) is 30.7 Å². The van der Waals surface area contributed by atoms with Gasteiger partial charge in [0.15, 0.2) is 0 Å². The molecule has 0 aliphatic carbocycles. The van der Waals surface area contributed by atoms with Crippen molar-refractivity contribution in [1.29, 1.82) is 0 Å². The lowest BCUT2D eigenvalue weighted by molar-refractivity contribution is 0.122. The second-order valence-corrected chi connectivity index (χ2v) is 3.95. The Hall–Kier alpha value is -1.88. The van der Waals surface area contributed by atoms with Crippen LogP contribution in [0.25, 0.3) is 11.3 Å². The van der Waals surface area contributed by atoms with Crippen molar-refractivity contribution in [2.75, 3.05) is 31.2 Å². The first-order valence-electron chi connectivity index (χ1n) is 5.72. The minimum Gasteiger partial charge on any atom is -0.378 e. The Kier molecular flexibility index (Phi) is 2.75. The Morgan fingerprint density at radius 3 is 2.88 bits per heavy atom. The van der Waals surface area contributed by atoms with Gasteiger partial charge < -0.3 is 9.64 Å². The summed E-state index contributed by atoms with van der Waals surface area (Å²) in [5.74, 6) is 1.03. The molecule has 0 aromatic carbocycles. The fourth-order valence-corrected chi connectivity index (χ4v) is 2.02. The van der Waals surface area contributed by atoms with Gasteiger partial charge in [-0.05, 0) is 12.1 Å². The minimum absolute atomic E-state index is 0.765. The number of H-pyrrole nitrogens is 1. The van der Waals surface area contributed by atoms with E-state index in [4.69, 9.17) is 4.74 Å². The van der Waals surface area contributed by atoms with Crippen LogP contribution in [0, 0.1) is 0 Å². The maximum absolute atomic E-state index is 5.35. The molecule has 0 amide bonds. The number of pyridine rings is 1. The Labute approximate surface area is 99.4 Å². The number of rotatable bonds is 2. The van der Waals surface area contributed by atoms with Crippen molar-refractivity contribution in [2.45, 2.75) is 0 Å². The normalized spacial score (nSPS) is 16.1. The largest absolute Gasteiger partial charge is 0.378 e. The average molecular weight is 230 g/mol. The highest BCUT2D eigenvalue weighted by Gasteiger charge is 2.17. The summed E-state index contributed by atoms with van der Waals surface area (Å²) in [6.07, 6.45) is 3.62. The van der Waals surface area contributed by atoms with Crippen molar-refractivity contribution in [3.8, 4) is 11.3 Å². The number of hydrogen-bond donors (Lipinski definition) is 1. The van der Waals surface area contributed by atoms with Crippen LogP contribution in [0.3, 0.4) is 0 Å². The molecule has 0 spiro atoms. The number of nitrogens with zero attached hydrogens (tertiary/aromatic N) is 3. The standard InChI is InChI=1S/C12H14N4O/c1-2-4-13-11(3-1)10-9-14-15-12(10)16-5-7-17-8-6-16/h1-4,9H,5-8H2,(H,14,15). The second-order valence-electron chi connectivity index (χ2n) is 3.95. The third-order valence-electron chi connectivity index (χ3n) is 2.89. The minimum atomic E-state index is 0.765. The third kappa shape index (κ3) is 2.01. The summed E-state index contributed by atoms with van der Waals surface area (Å²) in [4.78, 5) is 6.61. The quantitative estimate of drug-likeness (QED) is 0.845. The van der Waals surface area contributed by atoms with E-state index in [9.17, 15) is 0 Å². The maximum Gasteiger partial charge on any atom is 0.133 e. The van der Waals surface area contributed by atoms with E-state index < -0.39 is 0 Å². The summed E-state index contributed by atoms with van der Waals surface area (Å²) in [5.41, 5.74) is 2.00. The molecule has 0 saturated carbocycles. The number of ether oxygens (including phenoxy) is 1. The molecule has 88 valence electrons. The molecule has 1 saturated heterocycles. The van der Waals surface area contributed by atoms with Gasteiger partial charge in [-0.25, -0.2) is 0 Å². The summed E-state index contributed by atoms with van der Waals surface area (Å²) in [5, 5.41) is 7.18. The predicted octanol–water partition coefficient (Wildman–Crippen LogP) is 1.31. The molecule has 2 aromatic rings. The molecule has 0 atom stereocenters. The predicted molar refractivity (Wildman–Crippen MR) is 64.9 cm³/mol. The number of anilines is 1. The fraction of sp³-hybridized carbons (Fsp3) is 0.333. The number of aromatic nitrogens is 3. The zero-order valence-corrected chi connectivity index (χ0v) is 9.47. The van der Waals surface area contributed by atoms with Gasteiger partial charge in [0.25, 0.3) is 0 Å². The molecule has 1 aliphatic rings. The van der Waals surface area contributed by atoms with Crippen LogP contribution in [0.1, 0.15) is 0 Å². The fourth-order valence-electron chi connectivity index (χ4n) is 2.02. The van der Waals surface area contributed by atoms with Crippen molar-refractivity contribution in [3.63, 3.8) is 0 Å². The van der Waals surface area contributed by atoms with E-state index in [-0.39, 0.29) is 0 Å². The molecule has 0 radical (unpaired) electrons. The van der Waals surface area contributed by atoms with Crippen molar-refractivity contribution in [1.82, 2.24) is 15.2 Å². The molecular formula is C12H14N4O. The molecule has 1 N–H and O–H groups in total. The first-order valence-corrected chi connectivity index (χ1v) is 5.72. The van der Waals surface area contributed by atoms with Gasteiger partial charge in [0, 0.05) is 19.3 Å². The van der Waals surface area contributed by atoms with E-state index >= 15 is 0 Å². The van der Waals surface area contributed by atoms with E-state index in [0.29, 0.717) is 0 Å². The van der Waals surface area contributed by atoms with E-state index in [0.717, 1.165) is 43.4 Å². The van der Waals surface area contributed by atoms with Crippen LogP contribution < -0.4 is 4.90 Å². The summed E-state index contributed by atoms with van der Waals surface area (Å²) >= 11 is 0. The van der Waals surface area contributed by atoms with E-state index in [1.54, 1.807) is 6.20 Å². The van der Waals surface area contributed by atoms with Crippen molar-refractivity contribution in [3.05, 3.63) is 30.6 Å². The lowest BCUT2D eigenvalue weighted by atomic mass is 10.2. The van der Waals surface area contributed by atoms with Gasteiger partial charge in [-0.15, -0.1) is 0 Å². The Morgan fingerprint density at radius 1 is 1.24 bits per heavy atom. The van der Waals surface area contributed by atoms with Crippen molar-refractivity contribution < 1.29 is 4.74 Å². The molecule has 5 nitrogen and oxygen atoms in total. The molecule has 17 heavy (non-hydrogen) atoms. The Bertz CT molecular complexity index is 476. The highest BCUT2D eigenvalue weighted by atomic mass is 16.5. The van der Waals surface area contributed by atoms with E-state index in [2.05, 4.69) is 20.1 Å². The van der Waals surface area contributed by atoms with E-state index in [1.165, 1.54) is 0 Å². The molecule has 0 bridgehead atoms. The molecule has 3 heterocycles. The summed E-state index contributed by atoms with van der Waals surface area (Å²) in [6, 6.07) is 5.89. The lowest BCUT2D eigenvalue weighted by Gasteiger charge is -2.28. The van der Waals surface area contributed by atoms with Crippen LogP contribution in [0.5, 0.6) is 0 Å². The maximum atomic E-state index is 5.35. The van der Waals surface area contributed by atoms with Gasteiger partial charge in [-0.1, -0.05) is 6.07 Å². The monoisotopic (exact) mass is 230 g/mol. The van der Waals surface area contributed by atoms with Gasteiger partial charge in [0.1, 0.15) is 5.82 Å².